The summed E-state index contributed by atoms with van der Waals surface area (Å²) >= 11 is 0. The van der Waals surface area contributed by atoms with Crippen LogP contribution in [0.2, 0.25) is 0 Å². The maximum atomic E-state index is 11.8. The fraction of sp³-hybridized carbons (Fsp3) is 0.333. The third-order valence-electron chi connectivity index (χ3n) is 4.40. The minimum absolute atomic E-state index is 0.135. The summed E-state index contributed by atoms with van der Waals surface area (Å²) in [6.07, 6.45) is 2.18. The van der Waals surface area contributed by atoms with Crippen LogP contribution < -0.4 is 15.3 Å². The number of nitrogen functional groups attached to an aromatic ring is 1. The topological polar surface area (TPSA) is 123 Å². The smallest absolute Gasteiger partial charge is 0.306 e. The van der Waals surface area contributed by atoms with E-state index in [1.165, 1.54) is 18.9 Å². The number of nitrogens with zero attached hydrogens (tertiary/aromatic N) is 1. The molecule has 2 N–H and O–H groups in total. The van der Waals surface area contributed by atoms with Crippen molar-refractivity contribution >= 4 is 16.1 Å². The Balaban J connectivity index is 2.43. The molecular weight excluding hydrogens is 408 g/mol. The van der Waals surface area contributed by atoms with Gasteiger partial charge in [-0.1, -0.05) is 28.3 Å². The average molecular weight is 432 g/mol. The number of aromatic nitrogens is 1. The number of ether oxygens (including phenoxy) is 2. The van der Waals surface area contributed by atoms with E-state index in [1.807, 2.05) is 6.92 Å². The van der Waals surface area contributed by atoms with Gasteiger partial charge in [0.25, 0.3) is 5.69 Å². The second-order valence-electron chi connectivity index (χ2n) is 6.74. The van der Waals surface area contributed by atoms with E-state index >= 15 is 0 Å². The summed E-state index contributed by atoms with van der Waals surface area (Å²) in [5.41, 5.74) is 2.64. The van der Waals surface area contributed by atoms with E-state index in [4.69, 9.17) is 10.6 Å². The number of benzene rings is 1. The number of hydrogen-bond acceptors (Lipinski definition) is 7. The van der Waals surface area contributed by atoms with Crippen LogP contribution in [-0.4, -0.2) is 33.2 Å². The van der Waals surface area contributed by atoms with Gasteiger partial charge in [0.15, 0.2) is 0 Å². The molecule has 0 aliphatic rings. The number of methoxy groups -OCH3 is 2. The Kier molecular flexibility index (Phi) is 7.43. The number of carbonyl (C=O) groups is 1. The molecule has 0 saturated carbocycles. The van der Waals surface area contributed by atoms with Gasteiger partial charge in [0.05, 0.1) is 37.2 Å². The van der Waals surface area contributed by atoms with E-state index in [-0.39, 0.29) is 23.7 Å². The fourth-order valence-corrected chi connectivity index (χ4v) is 4.08. The summed E-state index contributed by atoms with van der Waals surface area (Å²) < 4.78 is 46.7. The highest BCUT2D eigenvalue weighted by molar-refractivity contribution is 7.85. The van der Waals surface area contributed by atoms with Gasteiger partial charge in [-0.15, -0.1) is 0 Å². The molecule has 2 aromatic rings. The van der Waals surface area contributed by atoms with Crippen molar-refractivity contribution in [2.45, 2.75) is 38.0 Å². The predicted octanol–water partition coefficient (Wildman–Crippen LogP) is 1.11. The van der Waals surface area contributed by atoms with Crippen molar-refractivity contribution in [3.8, 4) is 17.6 Å². The second kappa shape index (κ2) is 9.61. The van der Waals surface area contributed by atoms with Crippen LogP contribution in [0.25, 0.3) is 0 Å². The van der Waals surface area contributed by atoms with Gasteiger partial charge in [0.1, 0.15) is 15.9 Å². The highest BCUT2D eigenvalue weighted by Crippen LogP contribution is 2.27. The molecule has 1 aromatic heterocycles. The maximum Gasteiger partial charge on any atom is 0.306 e. The predicted molar refractivity (Wildman–Crippen MR) is 108 cm³/mol. The normalized spacial score (nSPS) is 10.8. The van der Waals surface area contributed by atoms with Crippen LogP contribution in [0.4, 0.5) is 0 Å². The molecule has 0 fully saturated rings. The van der Waals surface area contributed by atoms with Gasteiger partial charge in [-0.2, -0.15) is 0 Å². The number of rotatable bonds is 6. The summed E-state index contributed by atoms with van der Waals surface area (Å²) in [7, 11) is -1.87. The lowest BCUT2D eigenvalue weighted by atomic mass is 10.0. The standard InChI is InChI=1S/C21H24N2O6S/c1-14-9-15(2)21(30(25,26)27)16(10-14)11-17-13-23(22)18(12-19(17)28-3)7-5-6-8-20(24)29-4/h9-10,12-13H,6,8,11,22H2,1-4H3. The monoisotopic (exact) mass is 432 g/mol. The van der Waals surface area contributed by atoms with Gasteiger partial charge in [-0.3, -0.25) is 4.79 Å². The molecule has 8 nitrogen and oxygen atoms in total. The molecule has 1 aromatic carbocycles. The zero-order chi connectivity index (χ0) is 22.5. The van der Waals surface area contributed by atoms with E-state index in [2.05, 4.69) is 16.6 Å². The van der Waals surface area contributed by atoms with Crippen LogP contribution in [0.1, 0.15) is 40.8 Å². The van der Waals surface area contributed by atoms with Crippen LogP contribution in [0.5, 0.6) is 5.75 Å². The van der Waals surface area contributed by atoms with E-state index in [0.29, 0.717) is 34.6 Å². The lowest BCUT2D eigenvalue weighted by Crippen LogP contribution is -2.47. The largest absolute Gasteiger partial charge is 0.744 e. The number of nitrogens with two attached hydrogens (primary N) is 1. The lowest BCUT2D eigenvalue weighted by Gasteiger charge is -2.17. The third kappa shape index (κ3) is 5.72. The fourth-order valence-electron chi connectivity index (χ4n) is 3.17. The van der Waals surface area contributed by atoms with Gasteiger partial charge < -0.3 is 14.0 Å². The van der Waals surface area contributed by atoms with E-state index in [1.54, 1.807) is 31.3 Å². The van der Waals surface area contributed by atoms with Crippen LogP contribution in [0, 0.1) is 25.7 Å². The van der Waals surface area contributed by atoms with Crippen molar-refractivity contribution in [3.63, 3.8) is 0 Å². The molecule has 0 spiro atoms. The first-order chi connectivity index (χ1) is 14.1. The minimum Gasteiger partial charge on any atom is -0.744 e. The van der Waals surface area contributed by atoms with Crippen LogP contribution in [-0.2, 0) is 26.1 Å². The number of esters is 1. The van der Waals surface area contributed by atoms with Crippen molar-refractivity contribution in [1.29, 1.82) is 0 Å². The molecule has 0 unspecified atom stereocenters. The Hall–Kier alpha value is -3.09. The van der Waals surface area contributed by atoms with Gasteiger partial charge in [0.2, 0.25) is 6.20 Å². The number of aryl methyl sites for hydroxylation is 2. The summed E-state index contributed by atoms with van der Waals surface area (Å²) in [5.74, 6) is 11.8. The highest BCUT2D eigenvalue weighted by Gasteiger charge is 2.19. The zero-order valence-electron chi connectivity index (χ0n) is 17.3. The van der Waals surface area contributed by atoms with Crippen LogP contribution >= 0.6 is 0 Å². The van der Waals surface area contributed by atoms with Crippen molar-refractivity contribution in [3.05, 3.63) is 52.3 Å². The van der Waals surface area contributed by atoms with E-state index in [9.17, 15) is 17.8 Å². The molecule has 30 heavy (non-hydrogen) atoms. The Morgan fingerprint density at radius 1 is 1.20 bits per heavy atom. The molecule has 0 atom stereocenters. The quantitative estimate of drug-likeness (QED) is 0.238. The summed E-state index contributed by atoms with van der Waals surface area (Å²) in [6, 6.07) is 4.94. The van der Waals surface area contributed by atoms with Crippen molar-refractivity contribution in [1.82, 2.24) is 0 Å². The van der Waals surface area contributed by atoms with Crippen molar-refractivity contribution < 1.29 is 31.9 Å². The Bertz CT molecular complexity index is 1130. The Morgan fingerprint density at radius 2 is 1.90 bits per heavy atom. The summed E-state index contributed by atoms with van der Waals surface area (Å²) in [4.78, 5) is 10.9. The number of carbonyl (C=O) groups excluding carboxylic acids is 1. The highest BCUT2D eigenvalue weighted by atomic mass is 32.2. The van der Waals surface area contributed by atoms with Gasteiger partial charge in [0, 0.05) is 18.8 Å². The van der Waals surface area contributed by atoms with Gasteiger partial charge in [-0.05, 0) is 25.0 Å². The molecule has 0 radical (unpaired) electrons. The summed E-state index contributed by atoms with van der Waals surface area (Å²) in [5, 5.41) is 0. The molecule has 2 rings (SSSR count). The maximum absolute atomic E-state index is 11.8. The molecular formula is C21H24N2O6S. The first-order valence-corrected chi connectivity index (χ1v) is 10.5. The molecule has 0 amide bonds. The zero-order valence-corrected chi connectivity index (χ0v) is 18.1. The van der Waals surface area contributed by atoms with E-state index < -0.39 is 10.1 Å². The molecule has 160 valence electrons. The number of pyridine rings is 1. The van der Waals surface area contributed by atoms with Gasteiger partial charge >= 0.3 is 5.97 Å². The molecule has 0 saturated heterocycles. The van der Waals surface area contributed by atoms with Crippen LogP contribution in [0.15, 0.2) is 29.3 Å². The minimum atomic E-state index is -4.65. The molecule has 1 heterocycles. The van der Waals surface area contributed by atoms with Crippen LogP contribution in [0.3, 0.4) is 0 Å². The van der Waals surface area contributed by atoms with Crippen molar-refractivity contribution in [2.75, 3.05) is 20.1 Å². The van der Waals surface area contributed by atoms with E-state index in [0.717, 1.165) is 5.56 Å². The lowest BCUT2D eigenvalue weighted by molar-refractivity contribution is -0.641. The summed E-state index contributed by atoms with van der Waals surface area (Å²) in [6.45, 7) is 3.42. The average Bonchev–Trinajstić information content (AvgIpc) is 2.64. The van der Waals surface area contributed by atoms with Gasteiger partial charge in [-0.25, -0.2) is 14.3 Å². The SMILES string of the molecule is COC(=O)CCC#Cc1cc(OC)c(Cc2cc(C)cc(C)c2S(=O)(=O)[O-])c[n+]1N. The molecule has 0 aliphatic carbocycles. The first-order valence-electron chi connectivity index (χ1n) is 9.06. The molecule has 9 heteroatoms. The second-order valence-corrected chi connectivity index (χ2v) is 8.05. The third-order valence-corrected chi connectivity index (χ3v) is 5.49. The molecule has 0 aliphatic heterocycles. The Morgan fingerprint density at radius 3 is 2.50 bits per heavy atom. The number of hydrogen-bond donors (Lipinski definition) is 1. The first kappa shape index (κ1) is 23.2. The van der Waals surface area contributed by atoms with Crippen molar-refractivity contribution in [2.24, 2.45) is 0 Å². The Labute approximate surface area is 176 Å². The molecule has 0 bridgehead atoms.